The van der Waals surface area contributed by atoms with Crippen molar-refractivity contribution in [3.8, 4) is 0 Å². The first-order valence-corrected chi connectivity index (χ1v) is 7.43. The molecule has 1 amide bonds. The van der Waals surface area contributed by atoms with Crippen LogP contribution in [0.2, 0.25) is 0 Å². The molecule has 1 aliphatic heterocycles. The topological polar surface area (TPSA) is 73.6 Å². The standard InChI is InChI=1S/C15H22N2O4/c1-8-11(9(2)21-17-8)6-13(18)16-14-10-4-5-20-15(10)12(14)7-19-3/h10,12,14-15H,4-7H2,1-3H3,(H,16,18)/t10-,12+,14+,15-/m0/s1. The molecule has 1 aromatic rings. The number of fused-ring (bicyclic) bond motifs is 1. The molecule has 0 aromatic carbocycles. The van der Waals surface area contributed by atoms with E-state index in [-0.39, 0.29) is 24.0 Å². The molecule has 2 heterocycles. The molecule has 1 saturated carbocycles. The van der Waals surface area contributed by atoms with E-state index in [9.17, 15) is 4.79 Å². The average Bonchev–Trinajstić information content (AvgIpc) is 3.01. The van der Waals surface area contributed by atoms with Crippen molar-refractivity contribution >= 4 is 5.91 Å². The number of amides is 1. The molecule has 0 radical (unpaired) electrons. The molecule has 0 bridgehead atoms. The van der Waals surface area contributed by atoms with Crippen LogP contribution in [-0.4, -0.2) is 43.5 Å². The zero-order valence-electron chi connectivity index (χ0n) is 12.7. The summed E-state index contributed by atoms with van der Waals surface area (Å²) >= 11 is 0. The Hall–Kier alpha value is -1.40. The summed E-state index contributed by atoms with van der Waals surface area (Å²) < 4.78 is 16.1. The van der Waals surface area contributed by atoms with Crippen LogP contribution in [0.1, 0.15) is 23.4 Å². The first kappa shape index (κ1) is 14.5. The highest BCUT2D eigenvalue weighted by Crippen LogP contribution is 2.43. The fourth-order valence-corrected chi connectivity index (χ4v) is 3.59. The number of aromatic nitrogens is 1. The normalized spacial score (nSPS) is 30.8. The van der Waals surface area contributed by atoms with E-state index in [1.807, 2.05) is 13.8 Å². The Bertz CT molecular complexity index is 508. The summed E-state index contributed by atoms with van der Waals surface area (Å²) in [6.07, 6.45) is 1.57. The number of aryl methyl sites for hydroxylation is 2. The summed E-state index contributed by atoms with van der Waals surface area (Å²) in [4.78, 5) is 12.3. The quantitative estimate of drug-likeness (QED) is 0.877. The van der Waals surface area contributed by atoms with Gasteiger partial charge in [-0.05, 0) is 20.3 Å². The first-order valence-electron chi connectivity index (χ1n) is 7.43. The van der Waals surface area contributed by atoms with Crippen molar-refractivity contribution in [1.82, 2.24) is 10.5 Å². The maximum atomic E-state index is 12.3. The van der Waals surface area contributed by atoms with Crippen molar-refractivity contribution < 1.29 is 18.8 Å². The number of hydrogen-bond acceptors (Lipinski definition) is 5. The highest BCUT2D eigenvalue weighted by Gasteiger charge is 2.54. The lowest BCUT2D eigenvalue weighted by molar-refractivity contribution is -0.129. The van der Waals surface area contributed by atoms with Gasteiger partial charge in [-0.15, -0.1) is 0 Å². The summed E-state index contributed by atoms with van der Waals surface area (Å²) in [6.45, 7) is 5.10. The van der Waals surface area contributed by atoms with Crippen molar-refractivity contribution in [3.05, 3.63) is 17.0 Å². The van der Waals surface area contributed by atoms with E-state index >= 15 is 0 Å². The maximum absolute atomic E-state index is 12.3. The lowest BCUT2D eigenvalue weighted by Crippen LogP contribution is -2.63. The molecule has 6 nitrogen and oxygen atoms in total. The number of carbonyl (C=O) groups excluding carboxylic acids is 1. The Morgan fingerprint density at radius 3 is 2.95 bits per heavy atom. The van der Waals surface area contributed by atoms with Crippen molar-refractivity contribution in [2.45, 2.75) is 38.8 Å². The average molecular weight is 294 g/mol. The van der Waals surface area contributed by atoms with Gasteiger partial charge in [0.05, 0.1) is 24.8 Å². The van der Waals surface area contributed by atoms with E-state index in [2.05, 4.69) is 10.5 Å². The van der Waals surface area contributed by atoms with Gasteiger partial charge in [0, 0.05) is 37.2 Å². The van der Waals surface area contributed by atoms with Crippen LogP contribution in [0.4, 0.5) is 0 Å². The molecule has 1 saturated heterocycles. The highest BCUT2D eigenvalue weighted by atomic mass is 16.5. The Balaban J connectivity index is 1.61. The lowest BCUT2D eigenvalue weighted by atomic mass is 9.67. The molecule has 2 fully saturated rings. The number of rotatable bonds is 5. The van der Waals surface area contributed by atoms with Crippen LogP contribution in [-0.2, 0) is 20.7 Å². The molecule has 2 aliphatic rings. The molecule has 3 rings (SSSR count). The van der Waals surface area contributed by atoms with Crippen molar-refractivity contribution in [2.24, 2.45) is 11.8 Å². The van der Waals surface area contributed by atoms with E-state index in [0.717, 1.165) is 24.3 Å². The van der Waals surface area contributed by atoms with Gasteiger partial charge >= 0.3 is 0 Å². The molecule has 1 aliphatic carbocycles. The van der Waals surface area contributed by atoms with Gasteiger partial charge in [-0.2, -0.15) is 0 Å². The molecule has 21 heavy (non-hydrogen) atoms. The van der Waals surface area contributed by atoms with Gasteiger partial charge in [-0.3, -0.25) is 4.79 Å². The third kappa shape index (κ3) is 2.58. The third-order valence-electron chi connectivity index (χ3n) is 4.73. The Morgan fingerprint density at radius 2 is 2.29 bits per heavy atom. The number of nitrogens with zero attached hydrogens (tertiary/aromatic N) is 1. The maximum Gasteiger partial charge on any atom is 0.224 e. The van der Waals surface area contributed by atoms with Crippen LogP contribution in [0.5, 0.6) is 0 Å². The number of hydrogen-bond donors (Lipinski definition) is 1. The van der Waals surface area contributed by atoms with E-state index < -0.39 is 0 Å². The minimum Gasteiger partial charge on any atom is -0.384 e. The van der Waals surface area contributed by atoms with E-state index in [0.29, 0.717) is 24.7 Å². The van der Waals surface area contributed by atoms with Crippen molar-refractivity contribution in [1.29, 1.82) is 0 Å². The van der Waals surface area contributed by atoms with Gasteiger partial charge < -0.3 is 19.3 Å². The number of ether oxygens (including phenoxy) is 2. The summed E-state index contributed by atoms with van der Waals surface area (Å²) in [6, 6.07) is 0.158. The minimum atomic E-state index is 0.0147. The van der Waals surface area contributed by atoms with Gasteiger partial charge in [0.2, 0.25) is 5.91 Å². The third-order valence-corrected chi connectivity index (χ3v) is 4.73. The fourth-order valence-electron chi connectivity index (χ4n) is 3.59. The largest absolute Gasteiger partial charge is 0.384 e. The fraction of sp³-hybridized carbons (Fsp3) is 0.733. The van der Waals surface area contributed by atoms with Gasteiger partial charge in [0.25, 0.3) is 0 Å². The predicted octanol–water partition coefficient (Wildman–Crippen LogP) is 1.00. The second-order valence-electron chi connectivity index (χ2n) is 5.98. The van der Waals surface area contributed by atoms with Crippen LogP contribution in [0.3, 0.4) is 0 Å². The van der Waals surface area contributed by atoms with Crippen molar-refractivity contribution in [3.63, 3.8) is 0 Å². The number of carbonyl (C=O) groups is 1. The zero-order chi connectivity index (χ0) is 15.0. The molecular weight excluding hydrogens is 272 g/mol. The Kier molecular flexibility index (Phi) is 3.99. The SMILES string of the molecule is COC[C@@H]1[C@H](NC(=O)Cc2c(C)noc2C)[C@@H]2CCO[C@H]12. The molecular formula is C15H22N2O4. The first-order chi connectivity index (χ1) is 10.1. The van der Waals surface area contributed by atoms with Crippen LogP contribution < -0.4 is 5.32 Å². The van der Waals surface area contributed by atoms with Gasteiger partial charge in [-0.25, -0.2) is 0 Å². The highest BCUT2D eigenvalue weighted by molar-refractivity contribution is 5.79. The smallest absolute Gasteiger partial charge is 0.224 e. The zero-order valence-corrected chi connectivity index (χ0v) is 12.7. The van der Waals surface area contributed by atoms with Gasteiger partial charge in [-0.1, -0.05) is 5.16 Å². The molecule has 6 heteroatoms. The molecule has 116 valence electrons. The summed E-state index contributed by atoms with van der Waals surface area (Å²) in [5.41, 5.74) is 1.67. The molecule has 1 aromatic heterocycles. The molecule has 4 atom stereocenters. The summed E-state index contributed by atoms with van der Waals surface area (Å²) in [5.74, 6) is 1.42. The van der Waals surface area contributed by atoms with E-state index in [4.69, 9.17) is 14.0 Å². The van der Waals surface area contributed by atoms with Crippen molar-refractivity contribution in [2.75, 3.05) is 20.3 Å². The lowest BCUT2D eigenvalue weighted by Gasteiger charge is -2.47. The minimum absolute atomic E-state index is 0.0147. The van der Waals surface area contributed by atoms with Crippen LogP contribution >= 0.6 is 0 Å². The summed E-state index contributed by atoms with van der Waals surface area (Å²) in [7, 11) is 1.69. The number of nitrogens with one attached hydrogen (secondary N) is 1. The molecule has 0 unspecified atom stereocenters. The van der Waals surface area contributed by atoms with Gasteiger partial charge in [0.15, 0.2) is 0 Å². The Morgan fingerprint density at radius 1 is 1.48 bits per heavy atom. The predicted molar refractivity (Wildman–Crippen MR) is 74.8 cm³/mol. The number of methoxy groups -OCH3 is 1. The Labute approximate surface area is 124 Å². The summed E-state index contributed by atoms with van der Waals surface area (Å²) in [5, 5.41) is 7.03. The van der Waals surface area contributed by atoms with E-state index in [1.54, 1.807) is 7.11 Å². The second-order valence-corrected chi connectivity index (χ2v) is 5.98. The van der Waals surface area contributed by atoms with E-state index in [1.165, 1.54) is 0 Å². The van der Waals surface area contributed by atoms with Crippen LogP contribution in [0, 0.1) is 25.7 Å². The molecule has 0 spiro atoms. The molecule has 1 N–H and O–H groups in total. The van der Waals surface area contributed by atoms with Gasteiger partial charge in [0.1, 0.15) is 5.76 Å². The van der Waals surface area contributed by atoms with Crippen LogP contribution in [0.15, 0.2) is 4.52 Å². The van der Waals surface area contributed by atoms with Crippen LogP contribution in [0.25, 0.3) is 0 Å². The second kappa shape index (κ2) is 5.77. The monoisotopic (exact) mass is 294 g/mol.